The van der Waals surface area contributed by atoms with Crippen LogP contribution in [0.15, 0.2) is 22.9 Å². The van der Waals surface area contributed by atoms with Gasteiger partial charge in [-0.1, -0.05) is 11.2 Å². The normalized spacial score (nSPS) is 12.9. The third kappa shape index (κ3) is 2.67. The Morgan fingerprint density at radius 3 is 2.89 bits per heavy atom. The van der Waals surface area contributed by atoms with E-state index in [9.17, 15) is 8.78 Å². The van der Waals surface area contributed by atoms with Crippen molar-refractivity contribution in [1.82, 2.24) is 15.1 Å². The van der Waals surface area contributed by atoms with E-state index in [0.717, 1.165) is 5.56 Å². The summed E-state index contributed by atoms with van der Waals surface area (Å²) >= 11 is 0. The number of aliphatic hydroxyl groups excluding tert-OH is 1. The number of aliphatic hydroxyl groups is 1. The molecule has 0 aromatic carbocycles. The number of aryl methyl sites for hydroxylation is 1. The SMILES string of the molecule is Cc1cccnc1-c1noc(CC(O)C(F)F)n1. The van der Waals surface area contributed by atoms with Crippen molar-refractivity contribution in [2.24, 2.45) is 0 Å². The molecule has 2 rings (SSSR count). The van der Waals surface area contributed by atoms with E-state index in [2.05, 4.69) is 15.1 Å². The fourth-order valence-corrected chi connectivity index (χ4v) is 1.42. The highest BCUT2D eigenvalue weighted by atomic mass is 19.3. The second-order valence-electron chi connectivity index (χ2n) is 3.79. The van der Waals surface area contributed by atoms with Gasteiger partial charge in [-0.2, -0.15) is 4.98 Å². The first-order valence-corrected chi connectivity index (χ1v) is 5.28. The second-order valence-corrected chi connectivity index (χ2v) is 3.79. The molecule has 1 unspecified atom stereocenters. The summed E-state index contributed by atoms with van der Waals surface area (Å²) in [6.07, 6.45) is -3.44. The van der Waals surface area contributed by atoms with Gasteiger partial charge >= 0.3 is 0 Å². The van der Waals surface area contributed by atoms with Gasteiger partial charge in [-0.05, 0) is 18.6 Å². The van der Waals surface area contributed by atoms with Crippen LogP contribution in [0.1, 0.15) is 11.5 Å². The molecule has 0 fully saturated rings. The Hall–Kier alpha value is -1.89. The number of hydrogen-bond donors (Lipinski definition) is 1. The summed E-state index contributed by atoms with van der Waals surface area (Å²) < 4.78 is 29.1. The van der Waals surface area contributed by atoms with E-state index in [-0.39, 0.29) is 18.1 Å². The average Bonchev–Trinajstić information content (AvgIpc) is 2.77. The maximum absolute atomic E-state index is 12.2. The van der Waals surface area contributed by atoms with Crippen molar-refractivity contribution in [3.8, 4) is 11.5 Å². The fraction of sp³-hybridized carbons (Fsp3) is 0.364. The molecule has 0 spiro atoms. The number of rotatable bonds is 4. The Balaban J connectivity index is 2.18. The smallest absolute Gasteiger partial charge is 0.264 e. The average molecular weight is 255 g/mol. The Morgan fingerprint density at radius 1 is 1.44 bits per heavy atom. The van der Waals surface area contributed by atoms with Crippen molar-refractivity contribution in [1.29, 1.82) is 0 Å². The first kappa shape index (κ1) is 12.6. The highest BCUT2D eigenvalue weighted by Gasteiger charge is 2.21. The van der Waals surface area contributed by atoms with Gasteiger partial charge in [0.15, 0.2) is 0 Å². The molecule has 0 saturated heterocycles. The lowest BCUT2D eigenvalue weighted by atomic mass is 10.2. The topological polar surface area (TPSA) is 72.0 Å². The maximum Gasteiger partial charge on any atom is 0.264 e. The van der Waals surface area contributed by atoms with Gasteiger partial charge in [0.25, 0.3) is 6.43 Å². The van der Waals surface area contributed by atoms with Crippen molar-refractivity contribution in [2.75, 3.05) is 0 Å². The van der Waals surface area contributed by atoms with Crippen LogP contribution in [0.4, 0.5) is 8.78 Å². The van der Waals surface area contributed by atoms with Crippen LogP contribution in [0, 0.1) is 6.92 Å². The predicted octanol–water partition coefficient (Wildman–Crippen LogP) is 1.61. The van der Waals surface area contributed by atoms with E-state index >= 15 is 0 Å². The molecule has 18 heavy (non-hydrogen) atoms. The maximum atomic E-state index is 12.2. The van der Waals surface area contributed by atoms with Gasteiger partial charge in [-0.25, -0.2) is 8.78 Å². The lowest BCUT2D eigenvalue weighted by Crippen LogP contribution is -2.20. The van der Waals surface area contributed by atoms with Crippen LogP contribution >= 0.6 is 0 Å². The second kappa shape index (κ2) is 5.18. The van der Waals surface area contributed by atoms with Gasteiger partial charge in [0.05, 0.1) is 6.42 Å². The molecule has 0 saturated carbocycles. The predicted molar refractivity (Wildman–Crippen MR) is 58.0 cm³/mol. The molecule has 0 bridgehead atoms. The summed E-state index contributed by atoms with van der Waals surface area (Å²) in [7, 11) is 0. The van der Waals surface area contributed by atoms with E-state index < -0.39 is 12.5 Å². The standard InChI is InChI=1S/C11H11F2N3O2/c1-6-3-2-4-14-9(6)11-15-8(18-16-11)5-7(17)10(12)13/h2-4,7,10,17H,5H2,1H3. The molecule has 0 radical (unpaired) electrons. The Kier molecular flexibility index (Phi) is 3.61. The molecular formula is C11H11F2N3O2. The summed E-state index contributed by atoms with van der Waals surface area (Å²) in [6.45, 7) is 1.83. The number of aromatic nitrogens is 3. The summed E-state index contributed by atoms with van der Waals surface area (Å²) in [5, 5.41) is 12.7. The molecule has 0 aliphatic heterocycles. The summed E-state index contributed by atoms with van der Waals surface area (Å²) in [5.41, 5.74) is 1.37. The molecule has 5 nitrogen and oxygen atoms in total. The van der Waals surface area contributed by atoms with E-state index in [0.29, 0.717) is 5.69 Å². The fourth-order valence-electron chi connectivity index (χ4n) is 1.42. The Bertz CT molecular complexity index is 531. The van der Waals surface area contributed by atoms with E-state index in [1.54, 1.807) is 12.3 Å². The zero-order valence-corrected chi connectivity index (χ0v) is 9.55. The lowest BCUT2D eigenvalue weighted by Gasteiger charge is -2.04. The van der Waals surface area contributed by atoms with Crippen LogP contribution in [-0.2, 0) is 6.42 Å². The highest BCUT2D eigenvalue weighted by Crippen LogP contribution is 2.18. The van der Waals surface area contributed by atoms with Crippen LogP contribution in [0.3, 0.4) is 0 Å². The molecule has 96 valence electrons. The Morgan fingerprint density at radius 2 is 2.22 bits per heavy atom. The van der Waals surface area contributed by atoms with Gasteiger partial charge in [-0.15, -0.1) is 0 Å². The molecule has 1 atom stereocenters. The van der Waals surface area contributed by atoms with E-state index in [1.165, 1.54) is 0 Å². The Labute approximate surface area is 101 Å². The van der Waals surface area contributed by atoms with Gasteiger partial charge in [0.2, 0.25) is 11.7 Å². The van der Waals surface area contributed by atoms with E-state index in [4.69, 9.17) is 9.63 Å². The summed E-state index contributed by atoms with van der Waals surface area (Å²) in [4.78, 5) is 8.01. The molecule has 2 heterocycles. The quantitative estimate of drug-likeness (QED) is 0.898. The van der Waals surface area contributed by atoms with Crippen LogP contribution in [-0.4, -0.2) is 32.8 Å². The molecule has 0 amide bonds. The molecule has 2 aromatic heterocycles. The largest absolute Gasteiger partial charge is 0.387 e. The van der Waals surface area contributed by atoms with Crippen molar-refractivity contribution < 1.29 is 18.4 Å². The highest BCUT2D eigenvalue weighted by molar-refractivity contribution is 5.53. The first-order valence-electron chi connectivity index (χ1n) is 5.28. The molecule has 0 aliphatic carbocycles. The molecule has 0 aliphatic rings. The number of halogens is 2. The van der Waals surface area contributed by atoms with E-state index in [1.807, 2.05) is 13.0 Å². The van der Waals surface area contributed by atoms with Crippen LogP contribution < -0.4 is 0 Å². The van der Waals surface area contributed by atoms with Crippen LogP contribution in [0.25, 0.3) is 11.5 Å². The minimum atomic E-state index is -2.84. The first-order chi connectivity index (χ1) is 8.58. The van der Waals surface area contributed by atoms with Gasteiger partial charge in [0, 0.05) is 6.20 Å². The number of alkyl halides is 2. The zero-order valence-electron chi connectivity index (χ0n) is 9.55. The van der Waals surface area contributed by atoms with Gasteiger partial charge < -0.3 is 9.63 Å². The monoisotopic (exact) mass is 255 g/mol. The van der Waals surface area contributed by atoms with Crippen molar-refractivity contribution in [2.45, 2.75) is 25.9 Å². The van der Waals surface area contributed by atoms with Crippen LogP contribution in [0.2, 0.25) is 0 Å². The number of pyridine rings is 1. The van der Waals surface area contributed by atoms with Crippen molar-refractivity contribution >= 4 is 0 Å². The lowest BCUT2D eigenvalue weighted by molar-refractivity contribution is -0.00754. The van der Waals surface area contributed by atoms with Gasteiger partial charge in [0.1, 0.15) is 11.8 Å². The minimum absolute atomic E-state index is 0.0390. The summed E-state index contributed by atoms with van der Waals surface area (Å²) in [6, 6.07) is 3.59. The third-order valence-electron chi connectivity index (χ3n) is 2.36. The molecule has 2 aromatic rings. The summed E-state index contributed by atoms with van der Waals surface area (Å²) in [5.74, 6) is 0.187. The zero-order chi connectivity index (χ0) is 13.1. The molecule has 1 N–H and O–H groups in total. The van der Waals surface area contributed by atoms with Gasteiger partial charge in [-0.3, -0.25) is 4.98 Å². The minimum Gasteiger partial charge on any atom is -0.387 e. The van der Waals surface area contributed by atoms with Crippen molar-refractivity contribution in [3.05, 3.63) is 29.8 Å². The molecule has 7 heteroatoms. The van der Waals surface area contributed by atoms with Crippen LogP contribution in [0.5, 0.6) is 0 Å². The van der Waals surface area contributed by atoms with Crippen molar-refractivity contribution in [3.63, 3.8) is 0 Å². The third-order valence-corrected chi connectivity index (χ3v) is 2.36. The number of nitrogens with zero attached hydrogens (tertiary/aromatic N) is 3. The number of hydrogen-bond acceptors (Lipinski definition) is 5. The molecular weight excluding hydrogens is 244 g/mol.